The third-order valence-corrected chi connectivity index (χ3v) is 5.20. The van der Waals surface area contributed by atoms with Gasteiger partial charge in [-0.15, -0.1) is 0 Å². The number of carboxylic acids is 1. The zero-order chi connectivity index (χ0) is 21.1. The number of rotatable bonds is 7. The van der Waals surface area contributed by atoms with Crippen molar-refractivity contribution in [2.24, 2.45) is 0 Å². The predicted octanol–water partition coefficient (Wildman–Crippen LogP) is 4.41. The third-order valence-electron chi connectivity index (χ3n) is 3.98. The minimum atomic E-state index is -1.000. The number of imide groups is 1. The minimum Gasteiger partial charge on any atom is -0.481 e. The zero-order valence-corrected chi connectivity index (χ0v) is 16.2. The van der Waals surface area contributed by atoms with Gasteiger partial charge in [0.05, 0.1) is 14.9 Å². The fourth-order valence-corrected chi connectivity index (χ4v) is 3.72. The molecule has 2 heterocycles. The van der Waals surface area contributed by atoms with Crippen molar-refractivity contribution in [2.45, 2.75) is 12.8 Å². The highest BCUT2D eigenvalue weighted by Gasteiger charge is 2.34. The van der Waals surface area contributed by atoms with Gasteiger partial charge in [-0.3, -0.25) is 29.4 Å². The first kappa shape index (κ1) is 20.6. The number of nitrogens with zero attached hydrogens (tertiary/aromatic N) is 2. The van der Waals surface area contributed by atoms with Crippen molar-refractivity contribution in [2.75, 3.05) is 6.54 Å². The summed E-state index contributed by atoms with van der Waals surface area (Å²) in [4.78, 5) is 46.3. The van der Waals surface area contributed by atoms with Crippen LogP contribution in [0.2, 0.25) is 5.02 Å². The molecule has 0 unspecified atom stereocenters. The summed E-state index contributed by atoms with van der Waals surface area (Å²) in [6.45, 7) is 0.0239. The lowest BCUT2D eigenvalue weighted by molar-refractivity contribution is -0.384. The highest BCUT2D eigenvalue weighted by Crippen LogP contribution is 2.35. The Balaban J connectivity index is 1.76. The van der Waals surface area contributed by atoms with Crippen molar-refractivity contribution in [3.63, 3.8) is 0 Å². The number of hydrogen-bond donors (Lipinski definition) is 1. The smallest absolute Gasteiger partial charge is 0.303 e. The van der Waals surface area contributed by atoms with Gasteiger partial charge in [0.25, 0.3) is 16.8 Å². The number of furan rings is 1. The molecule has 1 aliphatic heterocycles. The number of nitro groups is 1. The van der Waals surface area contributed by atoms with Crippen LogP contribution >= 0.6 is 23.4 Å². The van der Waals surface area contributed by atoms with Crippen LogP contribution in [0.15, 0.2) is 39.7 Å². The van der Waals surface area contributed by atoms with E-state index in [1.807, 2.05) is 0 Å². The second-order valence-electron chi connectivity index (χ2n) is 5.95. The summed E-state index contributed by atoms with van der Waals surface area (Å²) < 4.78 is 5.64. The van der Waals surface area contributed by atoms with Crippen molar-refractivity contribution in [3.05, 3.63) is 56.1 Å². The van der Waals surface area contributed by atoms with E-state index in [1.165, 1.54) is 24.3 Å². The molecule has 0 bridgehead atoms. The maximum absolute atomic E-state index is 12.4. The molecule has 1 fully saturated rings. The van der Waals surface area contributed by atoms with Crippen molar-refractivity contribution in [3.8, 4) is 11.3 Å². The number of hydrogen-bond acceptors (Lipinski definition) is 7. The monoisotopic (exact) mass is 436 g/mol. The molecule has 1 N–H and O–H groups in total. The van der Waals surface area contributed by atoms with Crippen LogP contribution in [0.4, 0.5) is 10.5 Å². The molecule has 1 aromatic heterocycles. The quantitative estimate of drug-likeness (QED) is 0.383. The van der Waals surface area contributed by atoms with Gasteiger partial charge in [-0.05, 0) is 36.4 Å². The number of halogens is 1. The van der Waals surface area contributed by atoms with Crippen molar-refractivity contribution >= 4 is 52.2 Å². The van der Waals surface area contributed by atoms with Gasteiger partial charge in [-0.2, -0.15) is 0 Å². The number of carbonyl (C=O) groups is 3. The van der Waals surface area contributed by atoms with E-state index in [1.54, 1.807) is 12.1 Å². The van der Waals surface area contributed by atoms with E-state index in [-0.39, 0.29) is 35.0 Å². The van der Waals surface area contributed by atoms with Crippen LogP contribution in [0, 0.1) is 10.1 Å². The molecule has 2 amide bonds. The van der Waals surface area contributed by atoms with E-state index in [4.69, 9.17) is 21.1 Å². The van der Waals surface area contributed by atoms with Crippen LogP contribution < -0.4 is 0 Å². The van der Waals surface area contributed by atoms with Crippen molar-refractivity contribution in [1.29, 1.82) is 0 Å². The first-order chi connectivity index (χ1) is 13.8. The van der Waals surface area contributed by atoms with Crippen molar-refractivity contribution in [1.82, 2.24) is 4.90 Å². The number of carbonyl (C=O) groups excluding carboxylic acids is 2. The van der Waals surface area contributed by atoms with E-state index in [9.17, 15) is 24.5 Å². The standard InChI is InChI=1S/C18H13ClN2O7S/c19-13-8-10(21(26)27)3-5-12(13)14-6-4-11(28-14)9-15-17(24)20(18(25)29-15)7-1-2-16(22)23/h3-6,8-9H,1-2,7H2,(H,22,23). The average Bonchev–Trinajstić information content (AvgIpc) is 3.21. The lowest BCUT2D eigenvalue weighted by Crippen LogP contribution is -2.29. The second-order valence-corrected chi connectivity index (χ2v) is 7.35. The van der Waals surface area contributed by atoms with Gasteiger partial charge < -0.3 is 9.52 Å². The van der Waals surface area contributed by atoms with E-state index in [0.717, 1.165) is 16.7 Å². The number of benzene rings is 1. The lowest BCUT2D eigenvalue weighted by Gasteiger charge is -2.10. The molecule has 9 nitrogen and oxygen atoms in total. The Kier molecular flexibility index (Phi) is 6.04. The molecule has 2 aromatic rings. The Hall–Kier alpha value is -3.11. The molecule has 0 atom stereocenters. The first-order valence-electron chi connectivity index (χ1n) is 8.27. The number of amides is 2. The summed E-state index contributed by atoms with van der Waals surface area (Å²) in [5.74, 6) is -0.875. The molecular formula is C18H13ClN2O7S. The van der Waals surface area contributed by atoms with Gasteiger partial charge in [-0.25, -0.2) is 0 Å². The molecule has 1 aliphatic rings. The molecule has 0 spiro atoms. The number of nitro benzene ring substituents is 1. The Morgan fingerprint density at radius 3 is 2.72 bits per heavy atom. The van der Waals surface area contributed by atoms with Crippen molar-refractivity contribution < 1.29 is 28.8 Å². The normalized spacial score (nSPS) is 15.3. The van der Waals surface area contributed by atoms with Crippen LogP contribution in [0.3, 0.4) is 0 Å². The topological polar surface area (TPSA) is 131 Å². The van der Waals surface area contributed by atoms with Gasteiger partial charge in [0, 0.05) is 36.7 Å². The van der Waals surface area contributed by atoms with Crippen LogP contribution in [0.25, 0.3) is 17.4 Å². The van der Waals surface area contributed by atoms with Gasteiger partial charge in [0.2, 0.25) is 0 Å². The largest absolute Gasteiger partial charge is 0.481 e. The van der Waals surface area contributed by atoms with E-state index < -0.39 is 22.0 Å². The number of aliphatic carboxylic acids is 1. The van der Waals surface area contributed by atoms with E-state index in [0.29, 0.717) is 17.1 Å². The van der Waals surface area contributed by atoms with Gasteiger partial charge in [0.15, 0.2) is 0 Å². The maximum atomic E-state index is 12.4. The lowest BCUT2D eigenvalue weighted by atomic mass is 10.1. The number of thioether (sulfide) groups is 1. The maximum Gasteiger partial charge on any atom is 0.303 e. The molecule has 0 radical (unpaired) electrons. The Bertz CT molecular complexity index is 1050. The summed E-state index contributed by atoms with van der Waals surface area (Å²) >= 11 is 6.83. The molecule has 0 saturated carbocycles. The zero-order valence-electron chi connectivity index (χ0n) is 14.7. The summed E-state index contributed by atoms with van der Waals surface area (Å²) in [5, 5.41) is 19.1. The molecule has 11 heteroatoms. The molecule has 1 saturated heterocycles. The summed E-state index contributed by atoms with van der Waals surface area (Å²) in [6, 6.07) is 7.13. The van der Waals surface area contributed by atoms with Gasteiger partial charge >= 0.3 is 5.97 Å². The summed E-state index contributed by atoms with van der Waals surface area (Å²) in [6.07, 6.45) is 1.44. The molecule has 29 heavy (non-hydrogen) atoms. The average molecular weight is 437 g/mol. The number of carboxylic acid groups (broad SMARTS) is 1. The van der Waals surface area contributed by atoms with Crippen LogP contribution in [0.5, 0.6) is 0 Å². The van der Waals surface area contributed by atoms with E-state index in [2.05, 4.69) is 0 Å². The van der Waals surface area contributed by atoms with E-state index >= 15 is 0 Å². The SMILES string of the molecule is O=C(O)CCCN1C(=O)SC(=Cc2ccc(-c3ccc([N+](=O)[O-])cc3Cl)o2)C1=O. The third kappa shape index (κ3) is 4.66. The molecule has 1 aromatic carbocycles. The molecule has 0 aliphatic carbocycles. The fraction of sp³-hybridized carbons (Fsp3) is 0.167. The Morgan fingerprint density at radius 1 is 1.31 bits per heavy atom. The summed E-state index contributed by atoms with van der Waals surface area (Å²) in [7, 11) is 0. The Morgan fingerprint density at radius 2 is 2.07 bits per heavy atom. The summed E-state index contributed by atoms with van der Waals surface area (Å²) in [5.41, 5.74) is 0.292. The first-order valence-corrected chi connectivity index (χ1v) is 9.47. The predicted molar refractivity (Wildman–Crippen MR) is 105 cm³/mol. The number of non-ortho nitro benzene ring substituents is 1. The van der Waals surface area contributed by atoms with Gasteiger partial charge in [0.1, 0.15) is 11.5 Å². The molecular weight excluding hydrogens is 424 g/mol. The van der Waals surface area contributed by atoms with Crippen LogP contribution in [0.1, 0.15) is 18.6 Å². The Labute approximate surface area is 173 Å². The second kappa shape index (κ2) is 8.50. The highest BCUT2D eigenvalue weighted by atomic mass is 35.5. The fourth-order valence-electron chi connectivity index (χ4n) is 2.60. The van der Waals surface area contributed by atoms with Crippen LogP contribution in [-0.2, 0) is 9.59 Å². The molecule has 150 valence electrons. The van der Waals surface area contributed by atoms with Crippen LogP contribution in [-0.4, -0.2) is 38.6 Å². The highest BCUT2D eigenvalue weighted by molar-refractivity contribution is 8.18. The van der Waals surface area contributed by atoms with Gasteiger partial charge in [-0.1, -0.05) is 11.6 Å². The minimum absolute atomic E-state index is 0.0239. The molecule has 3 rings (SSSR count).